The van der Waals surface area contributed by atoms with Gasteiger partial charge >= 0.3 is 6.18 Å². The molecule has 1 atom stereocenters. The lowest BCUT2D eigenvalue weighted by Gasteiger charge is -2.30. The average Bonchev–Trinajstić information content (AvgIpc) is 3.52. The van der Waals surface area contributed by atoms with Crippen LogP contribution in [0.5, 0.6) is 0 Å². The Labute approximate surface area is 211 Å². The number of carbonyl (C=O) groups is 2. The third kappa shape index (κ3) is 5.99. The van der Waals surface area contributed by atoms with E-state index in [1.165, 1.54) is 29.1 Å². The van der Waals surface area contributed by atoms with Crippen molar-refractivity contribution in [3.63, 3.8) is 0 Å². The second kappa shape index (κ2) is 10.9. The first-order chi connectivity index (χ1) is 17.6. The van der Waals surface area contributed by atoms with Gasteiger partial charge in [0.05, 0.1) is 17.3 Å². The van der Waals surface area contributed by atoms with Gasteiger partial charge < -0.3 is 9.73 Å². The lowest BCUT2D eigenvalue weighted by atomic mass is 10.1. The van der Waals surface area contributed by atoms with E-state index in [1.54, 1.807) is 30.3 Å². The van der Waals surface area contributed by atoms with Crippen molar-refractivity contribution in [3.05, 3.63) is 78.3 Å². The molecule has 1 N–H and O–H groups in total. The smallest absolute Gasteiger partial charge is 0.416 e. The van der Waals surface area contributed by atoms with E-state index in [1.807, 2.05) is 13.8 Å². The third-order valence-corrected chi connectivity index (χ3v) is 5.77. The van der Waals surface area contributed by atoms with E-state index in [9.17, 15) is 22.8 Å². The number of hydrogen-bond donors (Lipinski definition) is 1. The zero-order valence-electron chi connectivity index (χ0n) is 20.3. The summed E-state index contributed by atoms with van der Waals surface area (Å²) in [5.41, 5.74) is 0.0581. The average molecular weight is 514 g/mol. The Hall–Kier alpha value is -4.15. The monoisotopic (exact) mass is 513 g/mol. The van der Waals surface area contributed by atoms with Gasteiger partial charge in [-0.05, 0) is 54.8 Å². The fraction of sp³-hybridized carbons (Fsp3) is 0.308. The van der Waals surface area contributed by atoms with Gasteiger partial charge in [-0.25, -0.2) is 4.68 Å². The summed E-state index contributed by atoms with van der Waals surface area (Å²) in [6.45, 7) is 3.95. The van der Waals surface area contributed by atoms with Gasteiger partial charge in [-0.15, -0.1) is 5.10 Å². The Morgan fingerprint density at radius 2 is 1.86 bits per heavy atom. The summed E-state index contributed by atoms with van der Waals surface area (Å²) in [6, 6.07) is 13.0. The molecule has 0 saturated carbocycles. The van der Waals surface area contributed by atoms with E-state index in [4.69, 9.17) is 4.42 Å². The summed E-state index contributed by atoms with van der Waals surface area (Å²) in [5.74, 6) is -0.833. The SMILES string of the molecule is CC(C)CCNC(=O)[C@@H](c1ccco1)N(C(=O)Cn1nnc2ccccc21)c1cccc(C(F)(F)F)c1. The van der Waals surface area contributed by atoms with Gasteiger partial charge in [0.2, 0.25) is 5.91 Å². The first-order valence-electron chi connectivity index (χ1n) is 11.7. The molecule has 2 aromatic carbocycles. The number of amides is 2. The fourth-order valence-corrected chi connectivity index (χ4v) is 3.91. The van der Waals surface area contributed by atoms with E-state index in [0.29, 0.717) is 29.9 Å². The number of halogens is 3. The van der Waals surface area contributed by atoms with Crippen molar-refractivity contribution >= 4 is 28.5 Å². The van der Waals surface area contributed by atoms with Crippen LogP contribution in [0.1, 0.15) is 37.6 Å². The predicted octanol–water partition coefficient (Wildman–Crippen LogP) is 4.98. The van der Waals surface area contributed by atoms with Crippen molar-refractivity contribution in [1.29, 1.82) is 0 Å². The highest BCUT2D eigenvalue weighted by Crippen LogP contribution is 2.35. The molecular formula is C26H26F3N5O3. The van der Waals surface area contributed by atoms with Gasteiger partial charge in [0.25, 0.3) is 5.91 Å². The summed E-state index contributed by atoms with van der Waals surface area (Å²) >= 11 is 0. The molecule has 2 heterocycles. The quantitative estimate of drug-likeness (QED) is 0.341. The molecule has 0 aliphatic rings. The largest absolute Gasteiger partial charge is 0.467 e. The number of aromatic nitrogens is 3. The normalized spacial score (nSPS) is 12.6. The molecule has 11 heteroatoms. The number of hydrogen-bond acceptors (Lipinski definition) is 5. The molecule has 4 rings (SSSR count). The van der Waals surface area contributed by atoms with Gasteiger partial charge in [-0.1, -0.05) is 37.3 Å². The molecule has 0 bridgehead atoms. The van der Waals surface area contributed by atoms with Crippen molar-refractivity contribution in [3.8, 4) is 0 Å². The number of carbonyl (C=O) groups excluding carboxylic acids is 2. The lowest BCUT2D eigenvalue weighted by molar-refractivity contribution is -0.137. The van der Waals surface area contributed by atoms with Crippen LogP contribution < -0.4 is 10.2 Å². The maximum atomic E-state index is 13.8. The molecule has 0 unspecified atom stereocenters. The Morgan fingerprint density at radius 3 is 2.57 bits per heavy atom. The van der Waals surface area contributed by atoms with Crippen molar-refractivity contribution in [1.82, 2.24) is 20.3 Å². The molecule has 0 aliphatic heterocycles. The summed E-state index contributed by atoms with van der Waals surface area (Å²) in [4.78, 5) is 28.2. The van der Waals surface area contributed by atoms with Crippen LogP contribution in [0.2, 0.25) is 0 Å². The van der Waals surface area contributed by atoms with E-state index >= 15 is 0 Å². The van der Waals surface area contributed by atoms with Crippen LogP contribution in [0.4, 0.5) is 18.9 Å². The second-order valence-corrected chi connectivity index (χ2v) is 8.94. The minimum atomic E-state index is -4.65. The number of alkyl halides is 3. The van der Waals surface area contributed by atoms with Crippen LogP contribution in [0.15, 0.2) is 71.3 Å². The predicted molar refractivity (Wildman–Crippen MR) is 130 cm³/mol. The number of furan rings is 1. The van der Waals surface area contributed by atoms with Crippen molar-refractivity contribution in [2.24, 2.45) is 5.92 Å². The maximum absolute atomic E-state index is 13.8. The number of rotatable bonds is 9. The van der Waals surface area contributed by atoms with E-state index in [-0.39, 0.29) is 18.0 Å². The zero-order chi connectivity index (χ0) is 26.6. The highest BCUT2D eigenvalue weighted by atomic mass is 19.4. The standard InChI is InChI=1S/C26H26F3N5O3/c1-17(2)12-13-30-25(36)24(22-11-6-14-37-22)34(19-8-5-7-18(15-19)26(27,28)29)23(35)16-33-21-10-4-3-9-20(21)31-32-33/h3-11,14-15,17,24H,12-13,16H2,1-2H3,(H,30,36)/t24-/m1/s1. The molecule has 0 fully saturated rings. The van der Waals surface area contributed by atoms with E-state index in [2.05, 4.69) is 15.6 Å². The van der Waals surface area contributed by atoms with Crippen LogP contribution in [-0.4, -0.2) is 33.4 Å². The molecule has 0 radical (unpaired) electrons. The van der Waals surface area contributed by atoms with E-state index < -0.39 is 29.6 Å². The number of benzene rings is 2. The molecule has 4 aromatic rings. The van der Waals surface area contributed by atoms with Crippen LogP contribution in [0.25, 0.3) is 11.0 Å². The zero-order valence-corrected chi connectivity index (χ0v) is 20.3. The molecule has 0 aliphatic carbocycles. The van der Waals surface area contributed by atoms with Crippen molar-refractivity contribution in [2.45, 2.75) is 39.0 Å². The van der Waals surface area contributed by atoms with Crippen LogP contribution in [0.3, 0.4) is 0 Å². The van der Waals surface area contributed by atoms with Crippen LogP contribution in [0, 0.1) is 5.92 Å². The Balaban J connectivity index is 1.77. The second-order valence-electron chi connectivity index (χ2n) is 8.94. The first-order valence-corrected chi connectivity index (χ1v) is 11.7. The Morgan fingerprint density at radius 1 is 1.08 bits per heavy atom. The molecule has 194 valence electrons. The minimum absolute atomic E-state index is 0.107. The van der Waals surface area contributed by atoms with Gasteiger partial charge in [0.15, 0.2) is 6.04 Å². The van der Waals surface area contributed by atoms with Gasteiger partial charge in [0.1, 0.15) is 17.8 Å². The molecule has 2 amide bonds. The lowest BCUT2D eigenvalue weighted by Crippen LogP contribution is -2.45. The Kier molecular flexibility index (Phi) is 7.61. The highest BCUT2D eigenvalue weighted by molar-refractivity contribution is 6.01. The Bertz CT molecular complexity index is 1370. The number of nitrogens with zero attached hydrogens (tertiary/aromatic N) is 4. The summed E-state index contributed by atoms with van der Waals surface area (Å²) < 4.78 is 47.5. The fourth-order valence-electron chi connectivity index (χ4n) is 3.91. The molecule has 2 aromatic heterocycles. The third-order valence-electron chi connectivity index (χ3n) is 5.77. The highest BCUT2D eigenvalue weighted by Gasteiger charge is 2.37. The molecule has 0 saturated heterocycles. The van der Waals surface area contributed by atoms with Crippen LogP contribution >= 0.6 is 0 Å². The number of para-hydroxylation sites is 1. The first kappa shape index (κ1) is 25.9. The van der Waals surface area contributed by atoms with Gasteiger partial charge in [0, 0.05) is 12.2 Å². The topological polar surface area (TPSA) is 93.3 Å². The minimum Gasteiger partial charge on any atom is -0.467 e. The molecule has 0 spiro atoms. The number of fused-ring (bicyclic) bond motifs is 1. The summed E-state index contributed by atoms with van der Waals surface area (Å²) in [5, 5.41) is 10.8. The molecule has 8 nitrogen and oxygen atoms in total. The summed E-state index contributed by atoms with van der Waals surface area (Å²) in [6.07, 6.45) is -2.63. The number of anilines is 1. The maximum Gasteiger partial charge on any atom is 0.416 e. The number of nitrogens with one attached hydrogen (secondary N) is 1. The van der Waals surface area contributed by atoms with Gasteiger partial charge in [-0.2, -0.15) is 13.2 Å². The van der Waals surface area contributed by atoms with Gasteiger partial charge in [-0.3, -0.25) is 14.5 Å². The van der Waals surface area contributed by atoms with E-state index in [0.717, 1.165) is 17.0 Å². The van der Waals surface area contributed by atoms with Crippen molar-refractivity contribution < 1.29 is 27.2 Å². The molecule has 37 heavy (non-hydrogen) atoms. The van der Waals surface area contributed by atoms with Crippen LogP contribution in [-0.2, 0) is 22.3 Å². The molecular weight excluding hydrogens is 487 g/mol. The summed E-state index contributed by atoms with van der Waals surface area (Å²) in [7, 11) is 0. The van der Waals surface area contributed by atoms with Crippen molar-refractivity contribution in [2.75, 3.05) is 11.4 Å².